The second kappa shape index (κ2) is 5.79. The highest BCUT2D eigenvalue weighted by molar-refractivity contribution is 5.39. The lowest BCUT2D eigenvalue weighted by Gasteiger charge is -2.26. The first kappa shape index (κ1) is 14.1. The molecule has 0 aromatic heterocycles. The molecule has 2 nitrogen and oxygen atoms in total. The van der Waals surface area contributed by atoms with Gasteiger partial charge in [-0.2, -0.15) is 5.26 Å². The minimum atomic E-state index is -0.428. The third-order valence-corrected chi connectivity index (χ3v) is 3.57. The van der Waals surface area contributed by atoms with Crippen molar-refractivity contribution in [3.63, 3.8) is 0 Å². The lowest BCUT2D eigenvalue weighted by atomic mass is 9.78. The van der Waals surface area contributed by atoms with Crippen LogP contribution in [0.2, 0.25) is 0 Å². The topological polar surface area (TPSA) is 33.0 Å². The maximum atomic E-state index is 8.75. The molecule has 0 aliphatic carbocycles. The average molecular weight is 265 g/mol. The number of nitriles is 1. The number of ether oxygens (including phenoxy) is 1. The highest BCUT2D eigenvalue weighted by atomic mass is 16.5. The van der Waals surface area contributed by atoms with Gasteiger partial charge in [0, 0.05) is 5.41 Å². The van der Waals surface area contributed by atoms with Gasteiger partial charge >= 0.3 is 0 Å². The van der Waals surface area contributed by atoms with Crippen molar-refractivity contribution in [2.75, 3.05) is 0 Å². The molecule has 1 atom stereocenters. The molecule has 2 rings (SSSR count). The van der Waals surface area contributed by atoms with Gasteiger partial charge in [0.15, 0.2) is 6.10 Å². The first-order valence-electron chi connectivity index (χ1n) is 6.76. The summed E-state index contributed by atoms with van der Waals surface area (Å²) < 4.78 is 5.48. The molecular weight excluding hydrogens is 246 g/mol. The first-order valence-corrected chi connectivity index (χ1v) is 6.76. The molecule has 0 bridgehead atoms. The molecule has 102 valence electrons. The van der Waals surface area contributed by atoms with E-state index in [1.54, 1.807) is 6.92 Å². The second-order valence-electron chi connectivity index (χ2n) is 5.40. The first-order chi connectivity index (χ1) is 9.54. The zero-order valence-corrected chi connectivity index (χ0v) is 12.1. The molecule has 0 aliphatic heterocycles. The summed E-state index contributed by atoms with van der Waals surface area (Å²) >= 11 is 0. The normalized spacial score (nSPS) is 12.5. The SMILES string of the molecule is CC(C#N)Oc1ccc(C(C)(C)c2ccccc2)cc1. The summed E-state index contributed by atoms with van der Waals surface area (Å²) in [6, 6.07) is 20.5. The van der Waals surface area contributed by atoms with E-state index in [4.69, 9.17) is 10.00 Å². The van der Waals surface area contributed by atoms with Crippen LogP contribution in [0.4, 0.5) is 0 Å². The lowest BCUT2D eigenvalue weighted by molar-refractivity contribution is 0.276. The van der Waals surface area contributed by atoms with Gasteiger partial charge in [0.05, 0.1) is 0 Å². The lowest BCUT2D eigenvalue weighted by Crippen LogP contribution is -2.18. The van der Waals surface area contributed by atoms with Crippen molar-refractivity contribution in [2.45, 2.75) is 32.3 Å². The Kier molecular flexibility index (Phi) is 4.10. The summed E-state index contributed by atoms with van der Waals surface area (Å²) in [6.07, 6.45) is -0.428. The van der Waals surface area contributed by atoms with Crippen molar-refractivity contribution in [3.05, 3.63) is 65.7 Å². The Morgan fingerprint density at radius 2 is 1.50 bits per heavy atom. The van der Waals surface area contributed by atoms with Gasteiger partial charge in [-0.1, -0.05) is 56.3 Å². The van der Waals surface area contributed by atoms with Crippen LogP contribution in [0.1, 0.15) is 31.9 Å². The molecule has 20 heavy (non-hydrogen) atoms. The van der Waals surface area contributed by atoms with E-state index in [9.17, 15) is 0 Å². The van der Waals surface area contributed by atoms with E-state index >= 15 is 0 Å². The van der Waals surface area contributed by atoms with Crippen LogP contribution < -0.4 is 4.74 Å². The van der Waals surface area contributed by atoms with Crippen LogP contribution in [0.3, 0.4) is 0 Å². The second-order valence-corrected chi connectivity index (χ2v) is 5.40. The van der Waals surface area contributed by atoms with E-state index in [0.29, 0.717) is 0 Å². The third kappa shape index (κ3) is 3.00. The van der Waals surface area contributed by atoms with Crippen LogP contribution >= 0.6 is 0 Å². The molecule has 2 aromatic carbocycles. The highest BCUT2D eigenvalue weighted by Gasteiger charge is 2.22. The van der Waals surface area contributed by atoms with E-state index in [2.05, 4.69) is 56.3 Å². The van der Waals surface area contributed by atoms with Gasteiger partial charge in [0.2, 0.25) is 0 Å². The molecule has 0 saturated carbocycles. The van der Waals surface area contributed by atoms with E-state index < -0.39 is 6.10 Å². The van der Waals surface area contributed by atoms with Gasteiger partial charge in [-0.3, -0.25) is 0 Å². The Bertz CT molecular complexity index is 594. The molecule has 1 unspecified atom stereocenters. The van der Waals surface area contributed by atoms with Crippen LogP contribution in [-0.4, -0.2) is 6.10 Å². The van der Waals surface area contributed by atoms with Crippen LogP contribution in [0.5, 0.6) is 5.75 Å². The monoisotopic (exact) mass is 265 g/mol. The molecule has 0 radical (unpaired) electrons. The molecular formula is C18H19NO. The predicted octanol–water partition coefficient (Wildman–Crippen LogP) is 4.30. The number of rotatable bonds is 4. The van der Waals surface area contributed by atoms with Crippen molar-refractivity contribution in [1.82, 2.24) is 0 Å². The predicted molar refractivity (Wildman–Crippen MR) is 80.7 cm³/mol. The van der Waals surface area contributed by atoms with E-state index in [0.717, 1.165) is 5.75 Å². The Morgan fingerprint density at radius 3 is 2.05 bits per heavy atom. The quantitative estimate of drug-likeness (QED) is 0.825. The van der Waals surface area contributed by atoms with E-state index in [1.807, 2.05) is 18.2 Å². The Labute approximate surface area is 120 Å². The van der Waals surface area contributed by atoms with Crippen LogP contribution in [0.15, 0.2) is 54.6 Å². The number of nitrogens with zero attached hydrogens (tertiary/aromatic N) is 1. The Balaban J connectivity index is 2.24. The molecule has 0 spiro atoms. The fraction of sp³-hybridized carbons (Fsp3) is 0.278. The molecule has 0 saturated heterocycles. The fourth-order valence-corrected chi connectivity index (χ4v) is 2.20. The van der Waals surface area contributed by atoms with Crippen LogP contribution in [0.25, 0.3) is 0 Å². The summed E-state index contributed by atoms with van der Waals surface area (Å²) in [6.45, 7) is 6.15. The number of hydrogen-bond acceptors (Lipinski definition) is 2. The summed E-state index contributed by atoms with van der Waals surface area (Å²) in [5.74, 6) is 0.728. The zero-order valence-electron chi connectivity index (χ0n) is 12.1. The molecule has 0 aliphatic rings. The molecule has 0 amide bonds. The molecule has 2 aromatic rings. The van der Waals surface area contributed by atoms with Crippen LogP contribution in [-0.2, 0) is 5.41 Å². The van der Waals surface area contributed by atoms with Crippen molar-refractivity contribution in [3.8, 4) is 11.8 Å². The molecule has 0 N–H and O–H groups in total. The van der Waals surface area contributed by atoms with Gasteiger partial charge in [-0.05, 0) is 30.2 Å². The van der Waals surface area contributed by atoms with Crippen molar-refractivity contribution >= 4 is 0 Å². The third-order valence-electron chi connectivity index (χ3n) is 3.57. The van der Waals surface area contributed by atoms with Gasteiger partial charge in [0.25, 0.3) is 0 Å². The summed E-state index contributed by atoms with van der Waals surface area (Å²) in [5, 5.41) is 8.75. The summed E-state index contributed by atoms with van der Waals surface area (Å²) in [5.41, 5.74) is 2.44. The van der Waals surface area contributed by atoms with Crippen molar-refractivity contribution < 1.29 is 4.74 Å². The Morgan fingerprint density at radius 1 is 0.950 bits per heavy atom. The minimum absolute atomic E-state index is 0.0549. The smallest absolute Gasteiger partial charge is 0.181 e. The zero-order chi connectivity index (χ0) is 14.6. The molecule has 2 heteroatoms. The summed E-state index contributed by atoms with van der Waals surface area (Å²) in [4.78, 5) is 0. The number of benzene rings is 2. The Hall–Kier alpha value is -2.27. The largest absolute Gasteiger partial charge is 0.476 e. The van der Waals surface area contributed by atoms with Crippen molar-refractivity contribution in [2.24, 2.45) is 0 Å². The molecule has 0 fully saturated rings. The van der Waals surface area contributed by atoms with Gasteiger partial charge in [0.1, 0.15) is 11.8 Å². The maximum absolute atomic E-state index is 8.75. The van der Waals surface area contributed by atoms with Gasteiger partial charge in [-0.25, -0.2) is 0 Å². The van der Waals surface area contributed by atoms with E-state index in [-0.39, 0.29) is 5.41 Å². The van der Waals surface area contributed by atoms with Gasteiger partial charge < -0.3 is 4.74 Å². The highest BCUT2D eigenvalue weighted by Crippen LogP contribution is 2.32. The average Bonchev–Trinajstić information content (AvgIpc) is 2.48. The van der Waals surface area contributed by atoms with E-state index in [1.165, 1.54) is 11.1 Å². The van der Waals surface area contributed by atoms with Gasteiger partial charge in [-0.15, -0.1) is 0 Å². The fourth-order valence-electron chi connectivity index (χ4n) is 2.20. The summed E-state index contributed by atoms with van der Waals surface area (Å²) in [7, 11) is 0. The van der Waals surface area contributed by atoms with Crippen LogP contribution in [0, 0.1) is 11.3 Å². The maximum Gasteiger partial charge on any atom is 0.181 e. The van der Waals surface area contributed by atoms with Crippen molar-refractivity contribution in [1.29, 1.82) is 5.26 Å². The standard InChI is InChI=1S/C18H19NO/c1-14(13-19)20-17-11-9-16(10-12-17)18(2,3)15-7-5-4-6-8-15/h4-12,14H,1-3H3. The molecule has 0 heterocycles. The number of hydrogen-bond donors (Lipinski definition) is 0. The minimum Gasteiger partial charge on any atom is -0.476 e.